The van der Waals surface area contributed by atoms with Gasteiger partial charge in [0, 0.05) is 18.7 Å². The number of hydrogen-bond acceptors (Lipinski definition) is 6. The molecule has 2 amide bonds. The molecule has 0 spiro atoms. The lowest BCUT2D eigenvalue weighted by atomic mass is 9.98. The average molecular weight is 396 g/mol. The molecule has 1 saturated heterocycles. The maximum Gasteiger partial charge on any atom is 0.257 e. The topological polar surface area (TPSA) is 88.3 Å². The van der Waals surface area contributed by atoms with Crippen molar-refractivity contribution in [3.8, 4) is 10.8 Å². The molecule has 0 radical (unpaired) electrons. The van der Waals surface area contributed by atoms with Gasteiger partial charge in [0.2, 0.25) is 11.8 Å². The van der Waals surface area contributed by atoms with Crippen LogP contribution in [-0.2, 0) is 4.79 Å². The summed E-state index contributed by atoms with van der Waals surface area (Å²) in [5, 5.41) is 13.0. The number of rotatable bonds is 5. The summed E-state index contributed by atoms with van der Waals surface area (Å²) in [4.78, 5) is 27.4. The number of likely N-dealkylation sites (tertiary alicyclic amines) is 1. The molecule has 144 valence electrons. The largest absolute Gasteiger partial charge is 0.420 e. The summed E-state index contributed by atoms with van der Waals surface area (Å²) < 4.78 is 5.83. The van der Waals surface area contributed by atoms with Crippen molar-refractivity contribution in [1.82, 2.24) is 20.4 Å². The lowest BCUT2D eigenvalue weighted by molar-refractivity contribution is -0.131. The molecule has 1 aromatic carbocycles. The van der Waals surface area contributed by atoms with Gasteiger partial charge in [-0.3, -0.25) is 9.59 Å². The van der Waals surface area contributed by atoms with Gasteiger partial charge in [-0.05, 0) is 36.4 Å². The molecule has 1 fully saturated rings. The third-order valence-corrected chi connectivity index (χ3v) is 5.59. The van der Waals surface area contributed by atoms with Crippen LogP contribution in [0.3, 0.4) is 0 Å². The fraction of sp³-hybridized carbons (Fsp3) is 0.300. The molecule has 3 heterocycles. The molecule has 1 aliphatic rings. The Kier molecular flexibility index (Phi) is 5.48. The molecule has 0 bridgehead atoms. The van der Waals surface area contributed by atoms with Crippen molar-refractivity contribution < 1.29 is 14.0 Å². The molecule has 28 heavy (non-hydrogen) atoms. The number of nitrogens with one attached hydrogen (secondary N) is 1. The number of carbonyl (C=O) groups is 2. The number of aromatic nitrogens is 2. The number of piperidine rings is 1. The molecule has 0 saturated carbocycles. The monoisotopic (exact) mass is 396 g/mol. The first-order chi connectivity index (χ1) is 13.7. The van der Waals surface area contributed by atoms with Gasteiger partial charge in [-0.1, -0.05) is 24.3 Å². The van der Waals surface area contributed by atoms with Gasteiger partial charge in [0.1, 0.15) is 0 Å². The zero-order chi connectivity index (χ0) is 19.3. The third kappa shape index (κ3) is 4.12. The summed E-state index contributed by atoms with van der Waals surface area (Å²) in [5.41, 5.74) is 0.541. The van der Waals surface area contributed by atoms with Gasteiger partial charge in [0.25, 0.3) is 11.8 Å². The summed E-state index contributed by atoms with van der Waals surface area (Å²) in [5.74, 6) is 0.744. The average Bonchev–Trinajstić information content (AvgIpc) is 3.44. The predicted molar refractivity (Wildman–Crippen MR) is 105 cm³/mol. The predicted octanol–water partition coefficient (Wildman–Crippen LogP) is 2.93. The van der Waals surface area contributed by atoms with E-state index in [4.69, 9.17) is 4.42 Å². The Morgan fingerprint density at radius 3 is 2.82 bits per heavy atom. The van der Waals surface area contributed by atoms with Crippen LogP contribution in [0.1, 0.15) is 35.0 Å². The van der Waals surface area contributed by atoms with Crippen LogP contribution in [0.25, 0.3) is 10.8 Å². The summed E-state index contributed by atoms with van der Waals surface area (Å²) >= 11 is 1.55. The number of hydrogen-bond donors (Lipinski definition) is 1. The highest BCUT2D eigenvalue weighted by molar-refractivity contribution is 7.13. The molecule has 1 N–H and O–H groups in total. The van der Waals surface area contributed by atoms with Crippen molar-refractivity contribution in [2.75, 3.05) is 19.6 Å². The van der Waals surface area contributed by atoms with Gasteiger partial charge in [-0.25, -0.2) is 0 Å². The Labute approximate surface area is 166 Å². The maximum atomic E-state index is 12.5. The van der Waals surface area contributed by atoms with Crippen molar-refractivity contribution >= 4 is 23.2 Å². The minimum absolute atomic E-state index is 0.0173. The number of nitrogens with zero attached hydrogens (tertiary/aromatic N) is 3. The normalized spacial score (nSPS) is 16.7. The SMILES string of the molecule is O=C(NCC(=O)N1CCCC(c2nnc(-c3cccs3)o2)C1)c1ccccc1. The molecule has 8 heteroatoms. The summed E-state index contributed by atoms with van der Waals surface area (Å²) in [6.07, 6.45) is 1.76. The molecule has 4 rings (SSSR count). The van der Waals surface area contributed by atoms with Crippen LogP contribution in [0.4, 0.5) is 0 Å². The van der Waals surface area contributed by atoms with Crippen LogP contribution >= 0.6 is 11.3 Å². The quantitative estimate of drug-likeness (QED) is 0.716. The Hall–Kier alpha value is -3.00. The molecular weight excluding hydrogens is 376 g/mol. The minimum atomic E-state index is -0.250. The summed E-state index contributed by atoms with van der Waals surface area (Å²) in [7, 11) is 0. The fourth-order valence-corrected chi connectivity index (χ4v) is 3.91. The van der Waals surface area contributed by atoms with Crippen molar-refractivity contribution in [2.45, 2.75) is 18.8 Å². The molecular formula is C20H20N4O3S. The first kappa shape index (κ1) is 18.4. The molecule has 1 aliphatic heterocycles. The van der Waals surface area contributed by atoms with Gasteiger partial charge >= 0.3 is 0 Å². The second-order valence-electron chi connectivity index (χ2n) is 6.65. The third-order valence-electron chi connectivity index (χ3n) is 4.73. The van der Waals surface area contributed by atoms with E-state index in [0.29, 0.717) is 30.4 Å². The van der Waals surface area contributed by atoms with E-state index in [0.717, 1.165) is 17.7 Å². The van der Waals surface area contributed by atoms with E-state index in [1.807, 2.05) is 23.6 Å². The van der Waals surface area contributed by atoms with E-state index >= 15 is 0 Å². The highest BCUT2D eigenvalue weighted by atomic mass is 32.1. The van der Waals surface area contributed by atoms with Gasteiger partial charge < -0.3 is 14.6 Å². The maximum absolute atomic E-state index is 12.5. The van der Waals surface area contributed by atoms with E-state index < -0.39 is 0 Å². The Morgan fingerprint density at radius 1 is 1.18 bits per heavy atom. The summed E-state index contributed by atoms with van der Waals surface area (Å²) in [6.45, 7) is 1.17. The van der Waals surface area contributed by atoms with Crippen LogP contribution in [0.15, 0.2) is 52.3 Å². The van der Waals surface area contributed by atoms with Crippen molar-refractivity contribution in [2.24, 2.45) is 0 Å². The van der Waals surface area contributed by atoms with E-state index in [-0.39, 0.29) is 24.3 Å². The zero-order valence-electron chi connectivity index (χ0n) is 15.2. The van der Waals surface area contributed by atoms with Crippen LogP contribution in [0.2, 0.25) is 0 Å². The fourth-order valence-electron chi connectivity index (χ4n) is 3.26. The van der Waals surface area contributed by atoms with Gasteiger partial charge in [-0.15, -0.1) is 21.5 Å². The van der Waals surface area contributed by atoms with Crippen LogP contribution in [-0.4, -0.2) is 46.5 Å². The van der Waals surface area contributed by atoms with E-state index in [1.54, 1.807) is 40.5 Å². The second-order valence-corrected chi connectivity index (χ2v) is 7.60. The molecule has 1 atom stereocenters. The number of carbonyl (C=O) groups excluding carboxylic acids is 2. The second kappa shape index (κ2) is 8.35. The van der Waals surface area contributed by atoms with Gasteiger partial charge in [-0.2, -0.15) is 0 Å². The van der Waals surface area contributed by atoms with Gasteiger partial charge in [0.05, 0.1) is 17.3 Å². The van der Waals surface area contributed by atoms with E-state index in [2.05, 4.69) is 15.5 Å². The molecule has 3 aromatic rings. The Morgan fingerprint density at radius 2 is 2.04 bits per heavy atom. The lowest BCUT2D eigenvalue weighted by Gasteiger charge is -2.31. The highest BCUT2D eigenvalue weighted by Gasteiger charge is 2.28. The van der Waals surface area contributed by atoms with Crippen molar-refractivity contribution in [3.05, 3.63) is 59.3 Å². The summed E-state index contributed by atoms with van der Waals surface area (Å²) in [6, 6.07) is 12.7. The Balaban J connectivity index is 1.34. The zero-order valence-corrected chi connectivity index (χ0v) is 16.0. The smallest absolute Gasteiger partial charge is 0.257 e. The van der Waals surface area contributed by atoms with Crippen LogP contribution in [0.5, 0.6) is 0 Å². The minimum Gasteiger partial charge on any atom is -0.420 e. The van der Waals surface area contributed by atoms with Crippen molar-refractivity contribution in [3.63, 3.8) is 0 Å². The molecule has 2 aromatic heterocycles. The highest BCUT2D eigenvalue weighted by Crippen LogP contribution is 2.29. The Bertz CT molecular complexity index is 940. The van der Waals surface area contributed by atoms with Crippen molar-refractivity contribution in [1.29, 1.82) is 0 Å². The number of amides is 2. The van der Waals surface area contributed by atoms with Crippen LogP contribution < -0.4 is 5.32 Å². The molecule has 1 unspecified atom stereocenters. The van der Waals surface area contributed by atoms with Gasteiger partial charge in [0.15, 0.2) is 0 Å². The number of benzene rings is 1. The first-order valence-electron chi connectivity index (χ1n) is 9.19. The number of thiophene rings is 1. The lowest BCUT2D eigenvalue weighted by Crippen LogP contribution is -2.44. The first-order valence-corrected chi connectivity index (χ1v) is 10.1. The van der Waals surface area contributed by atoms with Crippen LogP contribution in [0, 0.1) is 0 Å². The van der Waals surface area contributed by atoms with E-state index in [1.165, 1.54) is 0 Å². The molecule has 0 aliphatic carbocycles. The standard InChI is InChI=1S/C20H20N4O3S/c25-17(12-21-18(26)14-6-2-1-3-7-14)24-10-4-8-15(13-24)19-22-23-20(27-19)16-9-5-11-28-16/h1-3,5-7,9,11,15H,4,8,10,12-13H2,(H,21,26). The van der Waals surface area contributed by atoms with E-state index in [9.17, 15) is 9.59 Å². The molecule has 7 nitrogen and oxygen atoms in total.